The molecule has 26 heavy (non-hydrogen) atoms. The van der Waals surface area contributed by atoms with Crippen LogP contribution in [0.25, 0.3) is 0 Å². The Morgan fingerprint density at radius 3 is 2.08 bits per heavy atom. The van der Waals surface area contributed by atoms with Crippen LogP contribution in [0.4, 0.5) is 0 Å². The second kappa shape index (κ2) is 9.70. The molecule has 0 radical (unpaired) electrons. The number of hydrogen-bond donors (Lipinski definition) is 0. The van der Waals surface area contributed by atoms with Crippen LogP contribution in [0.1, 0.15) is 24.5 Å². The SMILES string of the molecule is CCOc1ccc(CN(C)C(=O)CCc2cc(OC)cc(OC)c2)cc1. The molecule has 2 rings (SSSR count). The lowest BCUT2D eigenvalue weighted by Gasteiger charge is -2.18. The van der Waals surface area contributed by atoms with Crippen LogP contribution in [-0.2, 0) is 17.8 Å². The Bertz CT molecular complexity index is 690. The third-order valence-corrected chi connectivity index (χ3v) is 4.12. The first-order valence-corrected chi connectivity index (χ1v) is 8.73. The molecule has 2 aromatic rings. The predicted molar refractivity (Wildman–Crippen MR) is 102 cm³/mol. The van der Waals surface area contributed by atoms with Crippen LogP contribution >= 0.6 is 0 Å². The van der Waals surface area contributed by atoms with Gasteiger partial charge >= 0.3 is 0 Å². The number of ether oxygens (including phenoxy) is 3. The van der Waals surface area contributed by atoms with E-state index < -0.39 is 0 Å². The fourth-order valence-corrected chi connectivity index (χ4v) is 2.67. The van der Waals surface area contributed by atoms with E-state index in [2.05, 4.69) is 0 Å². The smallest absolute Gasteiger partial charge is 0.222 e. The van der Waals surface area contributed by atoms with Gasteiger partial charge in [-0.3, -0.25) is 4.79 Å². The molecule has 0 bridgehead atoms. The summed E-state index contributed by atoms with van der Waals surface area (Å²) in [4.78, 5) is 14.2. The Morgan fingerprint density at radius 1 is 0.923 bits per heavy atom. The van der Waals surface area contributed by atoms with E-state index >= 15 is 0 Å². The molecule has 140 valence electrons. The first-order valence-electron chi connectivity index (χ1n) is 8.73. The second-order valence-electron chi connectivity index (χ2n) is 6.05. The zero-order valence-electron chi connectivity index (χ0n) is 16.0. The van der Waals surface area contributed by atoms with E-state index in [1.807, 2.05) is 56.4 Å². The number of methoxy groups -OCH3 is 2. The average Bonchev–Trinajstić information content (AvgIpc) is 2.67. The van der Waals surface area contributed by atoms with Crippen molar-refractivity contribution in [3.8, 4) is 17.2 Å². The summed E-state index contributed by atoms with van der Waals surface area (Å²) in [7, 11) is 5.06. The maximum Gasteiger partial charge on any atom is 0.222 e. The third-order valence-electron chi connectivity index (χ3n) is 4.12. The number of carbonyl (C=O) groups excluding carboxylic acids is 1. The summed E-state index contributed by atoms with van der Waals surface area (Å²) >= 11 is 0. The van der Waals surface area contributed by atoms with Gasteiger partial charge in [-0.15, -0.1) is 0 Å². The zero-order chi connectivity index (χ0) is 18.9. The summed E-state index contributed by atoms with van der Waals surface area (Å²) < 4.78 is 16.0. The number of benzene rings is 2. The maximum absolute atomic E-state index is 12.4. The van der Waals surface area contributed by atoms with Crippen molar-refractivity contribution in [1.29, 1.82) is 0 Å². The van der Waals surface area contributed by atoms with E-state index in [-0.39, 0.29) is 5.91 Å². The van der Waals surface area contributed by atoms with Gasteiger partial charge in [-0.1, -0.05) is 12.1 Å². The van der Waals surface area contributed by atoms with Crippen molar-refractivity contribution in [2.24, 2.45) is 0 Å². The largest absolute Gasteiger partial charge is 0.497 e. The second-order valence-corrected chi connectivity index (χ2v) is 6.05. The number of rotatable bonds is 9. The molecule has 0 unspecified atom stereocenters. The molecule has 0 aliphatic heterocycles. The molecule has 0 saturated carbocycles. The highest BCUT2D eigenvalue weighted by Gasteiger charge is 2.11. The number of aryl methyl sites for hydroxylation is 1. The fourth-order valence-electron chi connectivity index (χ4n) is 2.67. The van der Waals surface area contributed by atoms with Crippen LogP contribution in [0.15, 0.2) is 42.5 Å². The number of nitrogens with zero attached hydrogens (tertiary/aromatic N) is 1. The molecule has 0 aliphatic rings. The fraction of sp³-hybridized carbons (Fsp3) is 0.381. The van der Waals surface area contributed by atoms with Crippen molar-refractivity contribution in [2.75, 3.05) is 27.9 Å². The third kappa shape index (κ3) is 5.69. The highest BCUT2D eigenvalue weighted by molar-refractivity contribution is 5.76. The Morgan fingerprint density at radius 2 is 1.54 bits per heavy atom. The lowest BCUT2D eigenvalue weighted by molar-refractivity contribution is -0.130. The average molecular weight is 357 g/mol. The molecule has 0 fully saturated rings. The summed E-state index contributed by atoms with van der Waals surface area (Å²) in [5, 5.41) is 0. The molecule has 0 heterocycles. The quantitative estimate of drug-likeness (QED) is 0.687. The molecular weight excluding hydrogens is 330 g/mol. The standard InChI is InChI=1S/C21H27NO4/c1-5-26-18-9-6-16(7-10-18)15-22(2)21(23)11-8-17-12-19(24-3)14-20(13-17)25-4/h6-7,9-10,12-14H,5,8,11,15H2,1-4H3. The number of carbonyl (C=O) groups is 1. The monoisotopic (exact) mass is 357 g/mol. The normalized spacial score (nSPS) is 10.3. The Kier molecular flexibility index (Phi) is 7.33. The van der Waals surface area contributed by atoms with Gasteiger partial charge in [-0.05, 0) is 48.7 Å². The summed E-state index contributed by atoms with van der Waals surface area (Å²) in [6.45, 7) is 3.18. The van der Waals surface area contributed by atoms with Crippen LogP contribution in [0.5, 0.6) is 17.2 Å². The van der Waals surface area contributed by atoms with Gasteiger partial charge in [0.25, 0.3) is 0 Å². The van der Waals surface area contributed by atoms with Crippen LogP contribution in [0, 0.1) is 0 Å². The minimum absolute atomic E-state index is 0.0978. The van der Waals surface area contributed by atoms with Crippen molar-refractivity contribution in [3.63, 3.8) is 0 Å². The summed E-state index contributed by atoms with van der Waals surface area (Å²) in [6.07, 6.45) is 1.07. The van der Waals surface area contributed by atoms with Gasteiger partial charge in [0.05, 0.1) is 20.8 Å². The van der Waals surface area contributed by atoms with Crippen molar-refractivity contribution >= 4 is 5.91 Å². The first kappa shape index (κ1) is 19.6. The molecule has 0 N–H and O–H groups in total. The van der Waals surface area contributed by atoms with E-state index in [1.54, 1.807) is 19.1 Å². The summed E-state index contributed by atoms with van der Waals surface area (Å²) in [6, 6.07) is 13.5. The Hall–Kier alpha value is -2.69. The Labute approximate surface area is 155 Å². The Balaban J connectivity index is 1.90. The van der Waals surface area contributed by atoms with Crippen molar-refractivity contribution < 1.29 is 19.0 Å². The molecule has 0 spiro atoms. The maximum atomic E-state index is 12.4. The molecule has 1 amide bonds. The van der Waals surface area contributed by atoms with E-state index in [1.165, 1.54) is 0 Å². The zero-order valence-corrected chi connectivity index (χ0v) is 16.0. The molecular formula is C21H27NO4. The minimum Gasteiger partial charge on any atom is -0.497 e. The van der Waals surface area contributed by atoms with Crippen LogP contribution < -0.4 is 14.2 Å². The van der Waals surface area contributed by atoms with Gasteiger partial charge in [0, 0.05) is 26.1 Å². The van der Waals surface area contributed by atoms with Gasteiger partial charge in [-0.2, -0.15) is 0 Å². The van der Waals surface area contributed by atoms with Gasteiger partial charge in [-0.25, -0.2) is 0 Å². The van der Waals surface area contributed by atoms with Crippen LogP contribution in [0.2, 0.25) is 0 Å². The van der Waals surface area contributed by atoms with Gasteiger partial charge in [0.2, 0.25) is 5.91 Å². The van der Waals surface area contributed by atoms with Crippen molar-refractivity contribution in [1.82, 2.24) is 4.90 Å². The van der Waals surface area contributed by atoms with Crippen molar-refractivity contribution in [3.05, 3.63) is 53.6 Å². The molecule has 0 saturated heterocycles. The molecule has 2 aromatic carbocycles. The van der Waals surface area contributed by atoms with Crippen LogP contribution in [-0.4, -0.2) is 38.7 Å². The van der Waals surface area contributed by atoms with Gasteiger partial charge in [0.15, 0.2) is 0 Å². The van der Waals surface area contributed by atoms with Gasteiger partial charge < -0.3 is 19.1 Å². The van der Waals surface area contributed by atoms with E-state index in [9.17, 15) is 4.79 Å². The highest BCUT2D eigenvalue weighted by atomic mass is 16.5. The molecule has 0 aromatic heterocycles. The van der Waals surface area contributed by atoms with E-state index in [0.717, 1.165) is 28.4 Å². The van der Waals surface area contributed by atoms with E-state index in [4.69, 9.17) is 14.2 Å². The summed E-state index contributed by atoms with van der Waals surface area (Å²) in [5.74, 6) is 2.40. The lowest BCUT2D eigenvalue weighted by atomic mass is 10.1. The van der Waals surface area contributed by atoms with Gasteiger partial charge in [0.1, 0.15) is 17.2 Å². The molecule has 5 heteroatoms. The molecule has 0 atom stereocenters. The topological polar surface area (TPSA) is 48.0 Å². The van der Waals surface area contributed by atoms with E-state index in [0.29, 0.717) is 26.0 Å². The summed E-state index contributed by atoms with van der Waals surface area (Å²) in [5.41, 5.74) is 2.09. The highest BCUT2D eigenvalue weighted by Crippen LogP contribution is 2.23. The predicted octanol–water partition coefficient (Wildman–Crippen LogP) is 3.69. The number of amides is 1. The minimum atomic E-state index is 0.0978. The molecule has 5 nitrogen and oxygen atoms in total. The van der Waals surface area contributed by atoms with Crippen molar-refractivity contribution in [2.45, 2.75) is 26.3 Å². The lowest BCUT2D eigenvalue weighted by Crippen LogP contribution is -2.26. The first-order chi connectivity index (χ1) is 12.5. The molecule has 0 aliphatic carbocycles. The number of hydrogen-bond acceptors (Lipinski definition) is 4. The van der Waals surface area contributed by atoms with Crippen LogP contribution in [0.3, 0.4) is 0 Å².